The molecule has 1 aromatic carbocycles. The molecule has 0 fully saturated rings. The van der Waals surface area contributed by atoms with Gasteiger partial charge in [0, 0.05) is 11.6 Å². The van der Waals surface area contributed by atoms with Crippen LogP contribution in [0.25, 0.3) is 5.69 Å². The summed E-state index contributed by atoms with van der Waals surface area (Å²) >= 11 is 1.55. The lowest BCUT2D eigenvalue weighted by molar-refractivity contribution is 0.0933. The molecule has 0 aliphatic carbocycles. The van der Waals surface area contributed by atoms with Crippen LogP contribution in [0.15, 0.2) is 41.9 Å². The van der Waals surface area contributed by atoms with E-state index in [1.54, 1.807) is 35.7 Å². The smallest absolute Gasteiger partial charge is 0.272 e. The molecule has 5 nitrogen and oxygen atoms in total. The predicted molar refractivity (Wildman–Crippen MR) is 86.3 cm³/mol. The number of hydrogen-bond donors (Lipinski definition) is 1. The molecule has 0 aliphatic rings. The van der Waals surface area contributed by atoms with Crippen LogP contribution < -0.4 is 5.32 Å². The summed E-state index contributed by atoms with van der Waals surface area (Å²) in [7, 11) is 0. The number of nitrogens with zero attached hydrogens (tertiary/aromatic N) is 3. The molecular weight excluding hydrogens is 315 g/mol. The number of aryl methyl sites for hydroxylation is 1. The maximum absolute atomic E-state index is 12.9. The van der Waals surface area contributed by atoms with Crippen molar-refractivity contribution in [1.29, 1.82) is 0 Å². The summed E-state index contributed by atoms with van der Waals surface area (Å²) in [6.07, 6.45) is 1.67. The number of carbonyl (C=O) groups excluding carboxylic acids is 1. The van der Waals surface area contributed by atoms with Gasteiger partial charge in [0.25, 0.3) is 5.91 Å². The third-order valence-corrected chi connectivity index (χ3v) is 4.13. The van der Waals surface area contributed by atoms with E-state index in [2.05, 4.69) is 15.4 Å². The van der Waals surface area contributed by atoms with Crippen molar-refractivity contribution < 1.29 is 9.18 Å². The molecular formula is C16H15FN4OS. The number of aromatic nitrogens is 3. The Morgan fingerprint density at radius 2 is 2.04 bits per heavy atom. The Hall–Kier alpha value is -2.54. The van der Waals surface area contributed by atoms with Crippen LogP contribution in [0.2, 0.25) is 0 Å². The van der Waals surface area contributed by atoms with Crippen LogP contribution in [0, 0.1) is 12.7 Å². The van der Waals surface area contributed by atoms with Crippen molar-refractivity contribution in [3.05, 3.63) is 64.1 Å². The molecule has 2 heterocycles. The van der Waals surface area contributed by atoms with Gasteiger partial charge >= 0.3 is 0 Å². The van der Waals surface area contributed by atoms with Crippen LogP contribution in [0.5, 0.6) is 0 Å². The van der Waals surface area contributed by atoms with Gasteiger partial charge < -0.3 is 5.32 Å². The van der Waals surface area contributed by atoms with Crippen molar-refractivity contribution in [1.82, 2.24) is 20.1 Å². The Kier molecular flexibility index (Phi) is 4.20. The highest BCUT2D eigenvalue weighted by Crippen LogP contribution is 2.16. The second-order valence-electron chi connectivity index (χ2n) is 5.11. The summed E-state index contributed by atoms with van der Waals surface area (Å²) in [5.74, 6) is -0.588. The average molecular weight is 330 g/mol. The fourth-order valence-electron chi connectivity index (χ4n) is 2.11. The van der Waals surface area contributed by atoms with Gasteiger partial charge in [-0.15, -0.1) is 11.3 Å². The SMILES string of the molecule is Cc1nc(C(C)NC(=O)c2ccn(-c3ccc(F)cc3)n2)cs1. The fourth-order valence-corrected chi connectivity index (χ4v) is 2.81. The highest BCUT2D eigenvalue weighted by atomic mass is 32.1. The monoisotopic (exact) mass is 330 g/mol. The van der Waals surface area contributed by atoms with E-state index in [9.17, 15) is 9.18 Å². The molecule has 3 aromatic rings. The van der Waals surface area contributed by atoms with Gasteiger partial charge in [0.2, 0.25) is 0 Å². The molecule has 3 rings (SSSR count). The zero-order valence-electron chi connectivity index (χ0n) is 12.7. The van der Waals surface area contributed by atoms with E-state index >= 15 is 0 Å². The minimum absolute atomic E-state index is 0.191. The van der Waals surface area contributed by atoms with Crippen LogP contribution in [-0.2, 0) is 0 Å². The number of rotatable bonds is 4. The molecule has 0 radical (unpaired) electrons. The summed E-state index contributed by atoms with van der Waals surface area (Å²) in [6.45, 7) is 3.80. The molecule has 0 saturated heterocycles. The number of hydrogen-bond acceptors (Lipinski definition) is 4. The summed E-state index contributed by atoms with van der Waals surface area (Å²) in [5, 5.41) is 9.98. The molecule has 1 N–H and O–H groups in total. The van der Waals surface area contributed by atoms with Gasteiger partial charge in [0.15, 0.2) is 5.69 Å². The first-order valence-electron chi connectivity index (χ1n) is 7.07. The second-order valence-corrected chi connectivity index (χ2v) is 6.17. The number of halogens is 1. The number of carbonyl (C=O) groups is 1. The predicted octanol–water partition coefficient (Wildman–Crippen LogP) is 3.27. The lowest BCUT2D eigenvalue weighted by atomic mass is 10.2. The van der Waals surface area contributed by atoms with Crippen LogP contribution in [0.4, 0.5) is 4.39 Å². The van der Waals surface area contributed by atoms with Crippen molar-refractivity contribution in [2.45, 2.75) is 19.9 Å². The van der Waals surface area contributed by atoms with E-state index in [4.69, 9.17) is 0 Å². The summed E-state index contributed by atoms with van der Waals surface area (Å²) < 4.78 is 14.5. The van der Waals surface area contributed by atoms with Gasteiger partial charge in [0.05, 0.1) is 22.4 Å². The Morgan fingerprint density at radius 1 is 1.30 bits per heavy atom. The Morgan fingerprint density at radius 3 is 2.70 bits per heavy atom. The van der Waals surface area contributed by atoms with Crippen molar-refractivity contribution >= 4 is 17.2 Å². The Bertz CT molecular complexity index is 825. The van der Waals surface area contributed by atoms with Crippen LogP contribution >= 0.6 is 11.3 Å². The van der Waals surface area contributed by atoms with Crippen molar-refractivity contribution in [3.8, 4) is 5.69 Å². The number of benzene rings is 1. The van der Waals surface area contributed by atoms with E-state index in [1.165, 1.54) is 16.8 Å². The molecule has 1 atom stereocenters. The standard InChI is InChI=1S/C16H15FN4OS/c1-10(15-9-23-11(2)19-15)18-16(22)14-7-8-21(20-14)13-5-3-12(17)4-6-13/h3-10H,1-2H3,(H,18,22). The molecule has 0 aliphatic heterocycles. The Balaban J connectivity index is 1.72. The zero-order chi connectivity index (χ0) is 16.4. The van der Waals surface area contributed by atoms with Crippen molar-refractivity contribution in [3.63, 3.8) is 0 Å². The molecule has 7 heteroatoms. The first-order chi connectivity index (χ1) is 11.0. The number of thiazole rings is 1. The third-order valence-electron chi connectivity index (χ3n) is 3.34. The average Bonchev–Trinajstić information content (AvgIpc) is 3.17. The quantitative estimate of drug-likeness (QED) is 0.799. The van der Waals surface area contributed by atoms with E-state index < -0.39 is 0 Å². The van der Waals surface area contributed by atoms with Crippen molar-refractivity contribution in [2.24, 2.45) is 0 Å². The molecule has 0 bridgehead atoms. The second kappa shape index (κ2) is 6.29. The molecule has 118 valence electrons. The highest BCUT2D eigenvalue weighted by Gasteiger charge is 2.16. The van der Waals surface area contributed by atoms with Gasteiger partial charge in [0.1, 0.15) is 5.82 Å². The molecule has 23 heavy (non-hydrogen) atoms. The summed E-state index contributed by atoms with van der Waals surface area (Å²) in [6, 6.07) is 7.34. The van der Waals surface area contributed by atoms with E-state index in [0.717, 1.165) is 10.7 Å². The fraction of sp³-hybridized carbons (Fsp3) is 0.188. The van der Waals surface area contributed by atoms with Gasteiger partial charge in [-0.1, -0.05) is 0 Å². The first kappa shape index (κ1) is 15.4. The van der Waals surface area contributed by atoms with E-state index in [-0.39, 0.29) is 17.8 Å². The molecule has 2 aromatic heterocycles. The number of nitrogens with one attached hydrogen (secondary N) is 1. The summed E-state index contributed by atoms with van der Waals surface area (Å²) in [4.78, 5) is 16.6. The minimum atomic E-state index is -0.314. The zero-order valence-corrected chi connectivity index (χ0v) is 13.5. The van der Waals surface area contributed by atoms with E-state index in [1.807, 2.05) is 19.2 Å². The van der Waals surface area contributed by atoms with Gasteiger partial charge in [-0.2, -0.15) is 5.10 Å². The lowest BCUT2D eigenvalue weighted by Crippen LogP contribution is -2.27. The largest absolute Gasteiger partial charge is 0.343 e. The maximum atomic E-state index is 12.9. The third kappa shape index (κ3) is 3.45. The van der Waals surface area contributed by atoms with Crippen LogP contribution in [-0.4, -0.2) is 20.7 Å². The first-order valence-corrected chi connectivity index (χ1v) is 7.95. The highest BCUT2D eigenvalue weighted by molar-refractivity contribution is 7.09. The molecule has 1 amide bonds. The normalized spacial score (nSPS) is 12.1. The Labute approximate surface area is 136 Å². The number of amides is 1. The van der Waals surface area contributed by atoms with Gasteiger partial charge in [-0.3, -0.25) is 4.79 Å². The minimum Gasteiger partial charge on any atom is -0.343 e. The van der Waals surface area contributed by atoms with E-state index in [0.29, 0.717) is 11.4 Å². The van der Waals surface area contributed by atoms with Crippen LogP contribution in [0.3, 0.4) is 0 Å². The topological polar surface area (TPSA) is 59.8 Å². The molecule has 1 unspecified atom stereocenters. The van der Waals surface area contributed by atoms with Crippen molar-refractivity contribution in [2.75, 3.05) is 0 Å². The molecule has 0 spiro atoms. The van der Waals surface area contributed by atoms with Gasteiger partial charge in [-0.05, 0) is 44.2 Å². The molecule has 0 saturated carbocycles. The maximum Gasteiger partial charge on any atom is 0.272 e. The summed E-state index contributed by atoms with van der Waals surface area (Å²) in [5.41, 5.74) is 1.82. The lowest BCUT2D eigenvalue weighted by Gasteiger charge is -2.10. The van der Waals surface area contributed by atoms with Crippen LogP contribution in [0.1, 0.15) is 34.2 Å². The van der Waals surface area contributed by atoms with Gasteiger partial charge in [-0.25, -0.2) is 14.1 Å².